The molecule has 0 amide bonds. The zero-order valence-electron chi connectivity index (χ0n) is 6.88. The molecule has 0 spiro atoms. The SMILES string of the molecule is FC(=COC(F)(F)F)c1ccccc1. The zero-order chi connectivity index (χ0) is 10.6. The molecular formula is C9H6F4O. The second kappa shape index (κ2) is 4.13. The molecule has 1 nitrogen and oxygen atoms in total. The van der Waals surface area contributed by atoms with Gasteiger partial charge in [0.15, 0.2) is 5.83 Å². The molecule has 0 bridgehead atoms. The van der Waals surface area contributed by atoms with E-state index in [0.717, 1.165) is 0 Å². The Labute approximate surface area is 77.6 Å². The summed E-state index contributed by atoms with van der Waals surface area (Å²) in [5.41, 5.74) is 0.0387. The summed E-state index contributed by atoms with van der Waals surface area (Å²) in [6.07, 6.45) is -4.82. The van der Waals surface area contributed by atoms with Crippen molar-refractivity contribution in [1.82, 2.24) is 0 Å². The van der Waals surface area contributed by atoms with E-state index in [1.165, 1.54) is 24.3 Å². The third kappa shape index (κ3) is 3.47. The first-order chi connectivity index (χ1) is 6.49. The van der Waals surface area contributed by atoms with Gasteiger partial charge in [0.1, 0.15) is 6.26 Å². The van der Waals surface area contributed by atoms with Crippen LogP contribution in [0.4, 0.5) is 17.6 Å². The Hall–Kier alpha value is -1.52. The van der Waals surface area contributed by atoms with Crippen LogP contribution in [0.3, 0.4) is 0 Å². The largest absolute Gasteiger partial charge is 0.572 e. The standard InChI is InChI=1S/C9H6F4O/c10-8(6-14-9(11,12)13)7-4-2-1-3-5-7/h1-6H. The number of rotatable bonds is 2. The molecule has 0 fully saturated rings. The molecular weight excluding hydrogens is 200 g/mol. The normalized spacial score (nSPS) is 12.7. The Morgan fingerprint density at radius 1 is 1.14 bits per heavy atom. The number of hydrogen-bond donors (Lipinski definition) is 0. The van der Waals surface area contributed by atoms with Crippen molar-refractivity contribution in [2.75, 3.05) is 0 Å². The van der Waals surface area contributed by atoms with Crippen LogP contribution in [0, 0.1) is 0 Å². The van der Waals surface area contributed by atoms with Crippen molar-refractivity contribution in [3.05, 3.63) is 42.2 Å². The van der Waals surface area contributed by atoms with E-state index in [9.17, 15) is 17.6 Å². The highest BCUT2D eigenvalue weighted by atomic mass is 19.4. The molecule has 76 valence electrons. The van der Waals surface area contributed by atoms with Gasteiger partial charge in [0, 0.05) is 5.56 Å². The lowest BCUT2D eigenvalue weighted by Gasteiger charge is -2.03. The van der Waals surface area contributed by atoms with Crippen molar-refractivity contribution in [2.45, 2.75) is 6.36 Å². The van der Waals surface area contributed by atoms with Crippen molar-refractivity contribution < 1.29 is 22.3 Å². The average molecular weight is 206 g/mol. The van der Waals surface area contributed by atoms with Crippen LogP contribution in [-0.2, 0) is 4.74 Å². The summed E-state index contributed by atoms with van der Waals surface area (Å²) in [6, 6.07) is 7.32. The lowest BCUT2D eigenvalue weighted by molar-refractivity contribution is -0.298. The molecule has 1 aromatic carbocycles. The maximum Gasteiger partial charge on any atom is 0.572 e. The molecule has 0 unspecified atom stereocenters. The first kappa shape index (κ1) is 10.6. The molecule has 0 heterocycles. The van der Waals surface area contributed by atoms with Gasteiger partial charge in [0.25, 0.3) is 0 Å². The molecule has 0 aliphatic rings. The Balaban J connectivity index is 2.71. The fraction of sp³-hybridized carbons (Fsp3) is 0.111. The third-order valence-corrected chi connectivity index (χ3v) is 1.35. The van der Waals surface area contributed by atoms with Crippen LogP contribution in [0.1, 0.15) is 5.56 Å². The highest BCUT2D eigenvalue weighted by Gasteiger charge is 2.29. The number of halogens is 4. The van der Waals surface area contributed by atoms with E-state index in [0.29, 0.717) is 0 Å². The number of benzene rings is 1. The van der Waals surface area contributed by atoms with Crippen LogP contribution >= 0.6 is 0 Å². The van der Waals surface area contributed by atoms with Gasteiger partial charge in [-0.3, -0.25) is 0 Å². The predicted molar refractivity (Wildman–Crippen MR) is 42.7 cm³/mol. The van der Waals surface area contributed by atoms with Crippen molar-refractivity contribution in [1.29, 1.82) is 0 Å². The maximum absolute atomic E-state index is 12.9. The Morgan fingerprint density at radius 2 is 1.71 bits per heavy atom. The monoisotopic (exact) mass is 206 g/mol. The summed E-state index contributed by atoms with van der Waals surface area (Å²) in [5, 5.41) is 0. The molecule has 0 N–H and O–H groups in total. The van der Waals surface area contributed by atoms with Crippen molar-refractivity contribution >= 4 is 5.83 Å². The van der Waals surface area contributed by atoms with Crippen LogP contribution in [0.5, 0.6) is 0 Å². The van der Waals surface area contributed by atoms with Gasteiger partial charge in [-0.1, -0.05) is 30.3 Å². The van der Waals surface area contributed by atoms with E-state index in [4.69, 9.17) is 0 Å². The van der Waals surface area contributed by atoms with E-state index in [2.05, 4.69) is 4.74 Å². The molecule has 0 atom stereocenters. The van der Waals surface area contributed by atoms with Gasteiger partial charge in [0.05, 0.1) is 0 Å². The van der Waals surface area contributed by atoms with E-state index < -0.39 is 12.2 Å². The van der Waals surface area contributed by atoms with Gasteiger partial charge < -0.3 is 4.74 Å². The van der Waals surface area contributed by atoms with E-state index in [1.54, 1.807) is 6.07 Å². The topological polar surface area (TPSA) is 9.23 Å². The molecule has 0 radical (unpaired) electrons. The number of ether oxygens (including phenoxy) is 1. The molecule has 1 rings (SSSR count). The quantitative estimate of drug-likeness (QED) is 0.531. The first-order valence-corrected chi connectivity index (χ1v) is 3.65. The Bertz CT molecular complexity index is 315. The van der Waals surface area contributed by atoms with Crippen molar-refractivity contribution in [3.8, 4) is 0 Å². The number of hydrogen-bond acceptors (Lipinski definition) is 1. The predicted octanol–water partition coefficient (Wildman–Crippen LogP) is 3.49. The smallest absolute Gasteiger partial charge is 0.411 e. The first-order valence-electron chi connectivity index (χ1n) is 3.65. The minimum Gasteiger partial charge on any atom is -0.411 e. The van der Waals surface area contributed by atoms with Gasteiger partial charge >= 0.3 is 6.36 Å². The van der Waals surface area contributed by atoms with Gasteiger partial charge in [0.2, 0.25) is 0 Å². The lowest BCUT2D eigenvalue weighted by atomic mass is 10.2. The van der Waals surface area contributed by atoms with Crippen molar-refractivity contribution in [3.63, 3.8) is 0 Å². The van der Waals surface area contributed by atoms with Gasteiger partial charge in [-0.15, -0.1) is 13.2 Å². The fourth-order valence-electron chi connectivity index (χ4n) is 0.784. The van der Waals surface area contributed by atoms with Crippen LogP contribution in [0.15, 0.2) is 36.6 Å². The summed E-state index contributed by atoms with van der Waals surface area (Å²) in [5.74, 6) is -1.07. The molecule has 5 heteroatoms. The Kier molecular flexibility index (Phi) is 3.11. The second-order valence-electron chi connectivity index (χ2n) is 2.40. The highest BCUT2D eigenvalue weighted by Crippen LogP contribution is 2.21. The zero-order valence-corrected chi connectivity index (χ0v) is 6.88. The van der Waals surface area contributed by atoms with Crippen LogP contribution < -0.4 is 0 Å². The molecule has 0 saturated heterocycles. The molecule has 14 heavy (non-hydrogen) atoms. The molecule has 0 saturated carbocycles. The summed E-state index contributed by atoms with van der Waals surface area (Å²) in [7, 11) is 0. The minimum atomic E-state index is -4.86. The van der Waals surface area contributed by atoms with Crippen LogP contribution in [-0.4, -0.2) is 6.36 Å². The van der Waals surface area contributed by atoms with Crippen molar-refractivity contribution in [2.24, 2.45) is 0 Å². The molecule has 0 aliphatic heterocycles. The van der Waals surface area contributed by atoms with Crippen LogP contribution in [0.2, 0.25) is 0 Å². The average Bonchev–Trinajstić information content (AvgIpc) is 2.14. The second-order valence-corrected chi connectivity index (χ2v) is 2.40. The van der Waals surface area contributed by atoms with Crippen LogP contribution in [0.25, 0.3) is 5.83 Å². The summed E-state index contributed by atoms with van der Waals surface area (Å²) < 4.78 is 50.6. The summed E-state index contributed by atoms with van der Waals surface area (Å²) >= 11 is 0. The van der Waals surface area contributed by atoms with E-state index >= 15 is 0 Å². The minimum absolute atomic E-state index is 0.0370. The summed E-state index contributed by atoms with van der Waals surface area (Å²) in [6.45, 7) is 0. The van der Waals surface area contributed by atoms with E-state index in [-0.39, 0.29) is 11.8 Å². The third-order valence-electron chi connectivity index (χ3n) is 1.35. The molecule has 1 aromatic rings. The molecule has 0 aliphatic carbocycles. The lowest BCUT2D eigenvalue weighted by Crippen LogP contribution is -2.08. The molecule has 0 aromatic heterocycles. The highest BCUT2D eigenvalue weighted by molar-refractivity contribution is 5.57. The summed E-state index contributed by atoms with van der Waals surface area (Å²) in [4.78, 5) is 0. The van der Waals surface area contributed by atoms with Gasteiger partial charge in [-0.25, -0.2) is 4.39 Å². The fourth-order valence-corrected chi connectivity index (χ4v) is 0.784. The van der Waals surface area contributed by atoms with Gasteiger partial charge in [-0.05, 0) is 0 Å². The van der Waals surface area contributed by atoms with Gasteiger partial charge in [-0.2, -0.15) is 0 Å². The number of alkyl halides is 3. The maximum atomic E-state index is 12.9. The van der Waals surface area contributed by atoms with E-state index in [1.807, 2.05) is 0 Å². The Morgan fingerprint density at radius 3 is 2.21 bits per heavy atom.